The van der Waals surface area contributed by atoms with Gasteiger partial charge in [-0.15, -0.1) is 0 Å². The Hall–Kier alpha value is -2.15. The van der Waals surface area contributed by atoms with E-state index in [1.54, 1.807) is 42.5 Å². The average molecular weight is 450 g/mol. The van der Waals surface area contributed by atoms with E-state index in [2.05, 4.69) is 16.0 Å². The first kappa shape index (κ1) is 21.6. The number of carbonyl (C=O) groups is 2. The highest BCUT2D eigenvalue weighted by Gasteiger charge is 2.19. The van der Waals surface area contributed by atoms with E-state index in [0.29, 0.717) is 26.9 Å². The van der Waals surface area contributed by atoms with Gasteiger partial charge in [-0.3, -0.25) is 14.9 Å². The summed E-state index contributed by atoms with van der Waals surface area (Å²) in [5.74, 6) is -0.565. The second-order valence-electron chi connectivity index (χ2n) is 6.92. The molecular formula is C21H21Cl2N3O2S. The molecule has 0 saturated heterocycles. The lowest BCUT2D eigenvalue weighted by Crippen LogP contribution is -2.36. The molecule has 1 aliphatic rings. The van der Waals surface area contributed by atoms with Crippen LogP contribution in [0.1, 0.15) is 52.8 Å². The van der Waals surface area contributed by atoms with Crippen LogP contribution in [-0.2, 0) is 0 Å². The van der Waals surface area contributed by atoms with Gasteiger partial charge in [0.05, 0.1) is 10.6 Å². The molecule has 1 fully saturated rings. The number of thiocarbonyl (C=S) groups is 1. The fraction of sp³-hybridized carbons (Fsp3) is 0.286. The van der Waals surface area contributed by atoms with Crippen molar-refractivity contribution < 1.29 is 9.59 Å². The fourth-order valence-electron chi connectivity index (χ4n) is 3.23. The van der Waals surface area contributed by atoms with Gasteiger partial charge in [-0.05, 0) is 67.5 Å². The lowest BCUT2D eigenvalue weighted by Gasteiger charge is -2.23. The van der Waals surface area contributed by atoms with Gasteiger partial charge >= 0.3 is 0 Å². The molecule has 0 aliphatic heterocycles. The van der Waals surface area contributed by atoms with Gasteiger partial charge in [-0.2, -0.15) is 0 Å². The smallest absolute Gasteiger partial charge is 0.257 e. The molecule has 0 atom stereocenters. The average Bonchev–Trinajstić information content (AvgIpc) is 2.70. The Labute approximate surface area is 185 Å². The largest absolute Gasteiger partial charge is 0.349 e. The van der Waals surface area contributed by atoms with Gasteiger partial charge in [0.2, 0.25) is 0 Å². The van der Waals surface area contributed by atoms with Crippen molar-refractivity contribution >= 4 is 58.0 Å². The van der Waals surface area contributed by atoms with Crippen molar-refractivity contribution in [1.29, 1.82) is 0 Å². The van der Waals surface area contributed by atoms with Crippen LogP contribution >= 0.6 is 35.4 Å². The summed E-state index contributed by atoms with van der Waals surface area (Å²) in [6.07, 6.45) is 5.44. The zero-order valence-electron chi connectivity index (χ0n) is 15.6. The Balaban J connectivity index is 1.62. The summed E-state index contributed by atoms with van der Waals surface area (Å²) in [6, 6.07) is 11.6. The molecule has 29 heavy (non-hydrogen) atoms. The van der Waals surface area contributed by atoms with Crippen LogP contribution in [0.5, 0.6) is 0 Å². The topological polar surface area (TPSA) is 70.2 Å². The van der Waals surface area contributed by atoms with Crippen LogP contribution in [-0.4, -0.2) is 23.0 Å². The number of rotatable bonds is 4. The Kier molecular flexibility index (Phi) is 7.47. The van der Waals surface area contributed by atoms with Crippen LogP contribution in [0.25, 0.3) is 0 Å². The molecule has 1 saturated carbocycles. The Morgan fingerprint density at radius 3 is 2.31 bits per heavy atom. The van der Waals surface area contributed by atoms with Gasteiger partial charge in [0.15, 0.2) is 5.11 Å². The van der Waals surface area contributed by atoms with Gasteiger partial charge < -0.3 is 10.6 Å². The zero-order chi connectivity index (χ0) is 20.8. The molecule has 2 aromatic rings. The standard InChI is InChI=1S/C21H21Cl2N3O2S/c22-14-8-6-13(7-9-14)19(27)26-21(29)25-16-10-11-18(23)17(12-16)20(28)24-15-4-2-1-3-5-15/h6-12,15H,1-5H2,(H,24,28)(H2,25,26,27,29). The van der Waals surface area contributed by atoms with Crippen LogP contribution in [0.3, 0.4) is 0 Å². The number of anilines is 1. The minimum atomic E-state index is -0.358. The van der Waals surface area contributed by atoms with Crippen LogP contribution in [0.4, 0.5) is 5.69 Å². The normalized spacial score (nSPS) is 14.1. The maximum absolute atomic E-state index is 12.6. The SMILES string of the molecule is O=C(NC(=S)Nc1ccc(Cl)c(C(=O)NC2CCCCC2)c1)c1ccc(Cl)cc1. The van der Waals surface area contributed by atoms with E-state index < -0.39 is 0 Å². The van der Waals surface area contributed by atoms with Crippen molar-refractivity contribution in [2.75, 3.05) is 5.32 Å². The lowest BCUT2D eigenvalue weighted by molar-refractivity contribution is 0.0926. The van der Waals surface area contributed by atoms with Crippen molar-refractivity contribution in [3.63, 3.8) is 0 Å². The third-order valence-electron chi connectivity index (χ3n) is 4.74. The van der Waals surface area contributed by atoms with Crippen molar-refractivity contribution in [3.05, 3.63) is 63.6 Å². The molecule has 2 amide bonds. The summed E-state index contributed by atoms with van der Waals surface area (Å²) >= 11 is 17.3. The molecule has 152 valence electrons. The number of amides is 2. The van der Waals surface area contributed by atoms with Crippen molar-refractivity contribution in [2.24, 2.45) is 0 Å². The zero-order valence-corrected chi connectivity index (χ0v) is 18.0. The second kappa shape index (κ2) is 10.1. The Morgan fingerprint density at radius 1 is 0.931 bits per heavy atom. The lowest BCUT2D eigenvalue weighted by atomic mass is 9.95. The van der Waals surface area contributed by atoms with E-state index in [1.807, 2.05) is 0 Å². The third-order valence-corrected chi connectivity index (χ3v) is 5.53. The molecule has 2 aromatic carbocycles. The Morgan fingerprint density at radius 2 is 1.62 bits per heavy atom. The van der Waals surface area contributed by atoms with Crippen LogP contribution in [0.15, 0.2) is 42.5 Å². The number of nitrogens with one attached hydrogen (secondary N) is 3. The molecule has 0 heterocycles. The van der Waals surface area contributed by atoms with Crippen molar-refractivity contribution in [1.82, 2.24) is 10.6 Å². The predicted molar refractivity (Wildman–Crippen MR) is 121 cm³/mol. The highest BCUT2D eigenvalue weighted by molar-refractivity contribution is 7.80. The molecule has 3 rings (SSSR count). The predicted octanol–water partition coefficient (Wildman–Crippen LogP) is 5.18. The molecule has 0 unspecified atom stereocenters. The van der Waals surface area contributed by atoms with Gasteiger partial charge in [0, 0.05) is 22.3 Å². The van der Waals surface area contributed by atoms with E-state index in [4.69, 9.17) is 35.4 Å². The Bertz CT molecular complexity index is 913. The third kappa shape index (κ3) is 6.16. The molecule has 8 heteroatoms. The fourth-order valence-corrected chi connectivity index (χ4v) is 3.77. The summed E-state index contributed by atoms with van der Waals surface area (Å²) in [7, 11) is 0. The molecule has 0 spiro atoms. The first-order chi connectivity index (χ1) is 13.9. The van der Waals surface area contributed by atoms with E-state index in [1.165, 1.54) is 6.42 Å². The van der Waals surface area contributed by atoms with Gasteiger partial charge in [0.25, 0.3) is 11.8 Å². The second-order valence-corrected chi connectivity index (χ2v) is 8.17. The summed E-state index contributed by atoms with van der Waals surface area (Å²) in [6.45, 7) is 0. The molecule has 1 aliphatic carbocycles. The molecule has 5 nitrogen and oxygen atoms in total. The highest BCUT2D eigenvalue weighted by Crippen LogP contribution is 2.23. The quantitative estimate of drug-likeness (QED) is 0.562. The molecule has 3 N–H and O–H groups in total. The van der Waals surface area contributed by atoms with Crippen LogP contribution in [0, 0.1) is 0 Å². The minimum Gasteiger partial charge on any atom is -0.349 e. The molecule has 0 radical (unpaired) electrons. The number of carbonyl (C=O) groups excluding carboxylic acids is 2. The first-order valence-electron chi connectivity index (χ1n) is 9.40. The molecule has 0 bridgehead atoms. The van der Waals surface area contributed by atoms with E-state index in [-0.39, 0.29) is 23.0 Å². The van der Waals surface area contributed by atoms with Gasteiger partial charge in [-0.25, -0.2) is 0 Å². The first-order valence-corrected chi connectivity index (χ1v) is 10.6. The van der Waals surface area contributed by atoms with Crippen LogP contribution < -0.4 is 16.0 Å². The van der Waals surface area contributed by atoms with Gasteiger partial charge in [-0.1, -0.05) is 42.5 Å². The molecular weight excluding hydrogens is 429 g/mol. The molecule has 0 aromatic heterocycles. The maximum Gasteiger partial charge on any atom is 0.257 e. The van der Waals surface area contributed by atoms with Crippen LogP contribution in [0.2, 0.25) is 10.0 Å². The number of hydrogen-bond acceptors (Lipinski definition) is 3. The summed E-state index contributed by atoms with van der Waals surface area (Å²) < 4.78 is 0. The summed E-state index contributed by atoms with van der Waals surface area (Å²) in [5, 5.41) is 9.58. The van der Waals surface area contributed by atoms with E-state index >= 15 is 0 Å². The highest BCUT2D eigenvalue weighted by atomic mass is 35.5. The van der Waals surface area contributed by atoms with Crippen molar-refractivity contribution in [2.45, 2.75) is 38.1 Å². The monoisotopic (exact) mass is 449 g/mol. The van der Waals surface area contributed by atoms with Crippen molar-refractivity contribution in [3.8, 4) is 0 Å². The maximum atomic E-state index is 12.6. The minimum absolute atomic E-state index is 0.117. The number of benzene rings is 2. The van der Waals surface area contributed by atoms with Gasteiger partial charge in [0.1, 0.15) is 0 Å². The van der Waals surface area contributed by atoms with E-state index in [9.17, 15) is 9.59 Å². The number of halogens is 2. The summed E-state index contributed by atoms with van der Waals surface area (Å²) in [5.41, 5.74) is 1.36. The van der Waals surface area contributed by atoms with E-state index in [0.717, 1.165) is 25.7 Å². The summed E-state index contributed by atoms with van der Waals surface area (Å²) in [4.78, 5) is 24.9. The number of hydrogen-bond donors (Lipinski definition) is 3.